The number of carbonyl (C=O) groups excluding carboxylic acids is 2. The van der Waals surface area contributed by atoms with E-state index >= 15 is 0 Å². The summed E-state index contributed by atoms with van der Waals surface area (Å²) < 4.78 is 4.61. The lowest BCUT2D eigenvalue weighted by Gasteiger charge is -2.08. The van der Waals surface area contributed by atoms with E-state index in [-0.39, 0.29) is 22.4 Å². The van der Waals surface area contributed by atoms with Crippen LogP contribution in [0, 0.1) is 0 Å². The maximum atomic E-state index is 11.6. The first-order valence-corrected chi connectivity index (χ1v) is 6.56. The van der Waals surface area contributed by atoms with Crippen molar-refractivity contribution in [1.82, 2.24) is 20.2 Å². The third-order valence-corrected chi connectivity index (χ3v) is 3.60. The summed E-state index contributed by atoms with van der Waals surface area (Å²) in [6.07, 6.45) is 1.40. The number of methoxy groups -OCH3 is 1. The highest BCUT2D eigenvalue weighted by Crippen LogP contribution is 2.26. The largest absolute Gasteiger partial charge is 0.464 e. The van der Waals surface area contributed by atoms with Gasteiger partial charge < -0.3 is 10.1 Å². The van der Waals surface area contributed by atoms with Gasteiger partial charge in [-0.3, -0.25) is 9.89 Å². The molecule has 0 amide bonds. The van der Waals surface area contributed by atoms with E-state index in [9.17, 15) is 9.59 Å². The molecule has 106 valence electrons. The lowest BCUT2D eigenvalue weighted by molar-refractivity contribution is 0.0591. The zero-order chi connectivity index (χ0) is 14.7. The number of thiazole rings is 1. The number of carbonyl (C=O) groups is 2. The molecule has 0 fully saturated rings. The maximum Gasteiger partial charge on any atom is 0.358 e. The number of hydrogen-bond acceptors (Lipinski definition) is 8. The van der Waals surface area contributed by atoms with Crippen LogP contribution in [0.5, 0.6) is 0 Å². The number of aromatic amines is 1. The van der Waals surface area contributed by atoms with Crippen molar-refractivity contribution in [3.05, 3.63) is 22.7 Å². The van der Waals surface area contributed by atoms with Crippen molar-refractivity contribution in [3.63, 3.8) is 0 Å². The molecule has 0 saturated heterocycles. The molecule has 0 spiro atoms. The van der Waals surface area contributed by atoms with Crippen LogP contribution in [0.4, 0.5) is 5.13 Å². The van der Waals surface area contributed by atoms with Crippen molar-refractivity contribution in [2.75, 3.05) is 12.4 Å². The lowest BCUT2D eigenvalue weighted by Crippen LogP contribution is -2.09. The first-order chi connectivity index (χ1) is 9.52. The Kier molecular flexibility index (Phi) is 4.08. The van der Waals surface area contributed by atoms with E-state index < -0.39 is 5.97 Å². The predicted octanol–water partition coefficient (Wildman–Crippen LogP) is 1.42. The average molecular weight is 295 g/mol. The molecule has 8 nitrogen and oxygen atoms in total. The van der Waals surface area contributed by atoms with Crippen LogP contribution < -0.4 is 5.32 Å². The van der Waals surface area contributed by atoms with Crippen molar-refractivity contribution in [2.45, 2.75) is 19.9 Å². The molecule has 2 aromatic heterocycles. The highest BCUT2D eigenvalue weighted by atomic mass is 32.1. The van der Waals surface area contributed by atoms with Gasteiger partial charge in [-0.1, -0.05) is 11.3 Å². The van der Waals surface area contributed by atoms with Crippen molar-refractivity contribution in [3.8, 4) is 0 Å². The fourth-order valence-corrected chi connectivity index (χ4v) is 2.47. The number of ether oxygens (including phenoxy) is 1. The van der Waals surface area contributed by atoms with Crippen LogP contribution in [0.2, 0.25) is 0 Å². The number of Topliss-reactive ketones (excluding diaryl/α,β-unsaturated/α-hetero) is 1. The van der Waals surface area contributed by atoms with E-state index in [1.807, 2.05) is 6.92 Å². The highest BCUT2D eigenvalue weighted by Gasteiger charge is 2.22. The molecule has 1 atom stereocenters. The molecule has 2 aromatic rings. The quantitative estimate of drug-likeness (QED) is 0.634. The van der Waals surface area contributed by atoms with Crippen LogP contribution in [-0.4, -0.2) is 39.0 Å². The van der Waals surface area contributed by atoms with Gasteiger partial charge in [-0.2, -0.15) is 5.10 Å². The van der Waals surface area contributed by atoms with Gasteiger partial charge in [-0.15, -0.1) is 0 Å². The number of nitrogens with zero attached hydrogens (tertiary/aromatic N) is 3. The van der Waals surface area contributed by atoms with Gasteiger partial charge in [-0.05, 0) is 6.92 Å². The number of nitrogens with one attached hydrogen (secondary N) is 2. The summed E-state index contributed by atoms with van der Waals surface area (Å²) in [5.74, 6) is -0.237. The predicted molar refractivity (Wildman–Crippen MR) is 71.9 cm³/mol. The summed E-state index contributed by atoms with van der Waals surface area (Å²) in [6.45, 7) is 3.23. The Bertz CT molecular complexity index is 622. The highest BCUT2D eigenvalue weighted by molar-refractivity contribution is 7.17. The third kappa shape index (κ3) is 2.82. The van der Waals surface area contributed by atoms with E-state index in [4.69, 9.17) is 0 Å². The normalized spacial score (nSPS) is 11.9. The molecule has 0 aliphatic rings. The van der Waals surface area contributed by atoms with Gasteiger partial charge in [0.15, 0.2) is 16.6 Å². The second kappa shape index (κ2) is 5.78. The van der Waals surface area contributed by atoms with Crippen molar-refractivity contribution >= 4 is 28.2 Å². The van der Waals surface area contributed by atoms with E-state index in [1.54, 1.807) is 0 Å². The van der Waals surface area contributed by atoms with E-state index in [0.717, 1.165) is 11.3 Å². The molecular formula is C11H13N5O3S. The first kappa shape index (κ1) is 14.1. The van der Waals surface area contributed by atoms with Crippen LogP contribution in [0.25, 0.3) is 0 Å². The number of anilines is 1. The number of hydrogen-bond donors (Lipinski definition) is 2. The summed E-state index contributed by atoms with van der Waals surface area (Å²) in [4.78, 5) is 31.5. The van der Waals surface area contributed by atoms with Gasteiger partial charge in [0.1, 0.15) is 17.0 Å². The Labute approximate surface area is 118 Å². The van der Waals surface area contributed by atoms with Crippen molar-refractivity contribution in [1.29, 1.82) is 0 Å². The Morgan fingerprint density at radius 3 is 2.80 bits per heavy atom. The minimum Gasteiger partial charge on any atom is -0.464 e. The molecule has 2 heterocycles. The van der Waals surface area contributed by atoms with Crippen LogP contribution in [0.3, 0.4) is 0 Å². The third-order valence-electron chi connectivity index (χ3n) is 2.51. The fraction of sp³-hybridized carbons (Fsp3) is 0.364. The Balaban J connectivity index is 2.25. The number of esters is 1. The summed E-state index contributed by atoms with van der Waals surface area (Å²) in [7, 11) is 1.25. The lowest BCUT2D eigenvalue weighted by atomic mass is 10.3. The number of aromatic nitrogens is 4. The second-order valence-electron chi connectivity index (χ2n) is 3.98. The standard InChI is InChI=1S/C11H13N5O3S/c1-5(9-12-4-13-16-9)14-11-15-7(10(18)19-3)8(20-11)6(2)17/h4-5H,1-3H3,(H,14,15)(H,12,13,16). The molecule has 0 aliphatic carbocycles. The topological polar surface area (TPSA) is 110 Å². The van der Waals surface area contributed by atoms with Gasteiger partial charge in [0.25, 0.3) is 0 Å². The summed E-state index contributed by atoms with van der Waals surface area (Å²) in [5, 5.41) is 9.98. The van der Waals surface area contributed by atoms with Crippen LogP contribution >= 0.6 is 11.3 Å². The monoisotopic (exact) mass is 295 g/mol. The Hall–Kier alpha value is -2.29. The minimum absolute atomic E-state index is 0.0252. The molecule has 2 N–H and O–H groups in total. The average Bonchev–Trinajstić information content (AvgIpc) is 3.06. The number of rotatable bonds is 5. The second-order valence-corrected chi connectivity index (χ2v) is 4.98. The first-order valence-electron chi connectivity index (χ1n) is 5.74. The zero-order valence-electron chi connectivity index (χ0n) is 11.1. The summed E-state index contributed by atoms with van der Waals surface area (Å²) in [6, 6.07) is -0.186. The Morgan fingerprint density at radius 1 is 1.50 bits per heavy atom. The number of H-pyrrole nitrogens is 1. The zero-order valence-corrected chi connectivity index (χ0v) is 11.9. The van der Waals surface area contributed by atoms with Gasteiger partial charge in [0.05, 0.1) is 13.2 Å². The summed E-state index contributed by atoms with van der Waals surface area (Å²) >= 11 is 1.10. The summed E-state index contributed by atoms with van der Waals surface area (Å²) in [5.41, 5.74) is 0.0252. The SMILES string of the molecule is COC(=O)c1nc(NC(C)c2ncn[nH]2)sc1C(C)=O. The smallest absolute Gasteiger partial charge is 0.358 e. The number of ketones is 1. The van der Waals surface area contributed by atoms with Crippen LogP contribution in [-0.2, 0) is 4.74 Å². The molecule has 1 unspecified atom stereocenters. The van der Waals surface area contributed by atoms with Gasteiger partial charge in [-0.25, -0.2) is 14.8 Å². The van der Waals surface area contributed by atoms with Crippen molar-refractivity contribution in [2.24, 2.45) is 0 Å². The van der Waals surface area contributed by atoms with E-state index in [2.05, 4.69) is 30.2 Å². The maximum absolute atomic E-state index is 11.6. The molecule has 0 bridgehead atoms. The molecule has 9 heteroatoms. The van der Waals surface area contributed by atoms with Crippen LogP contribution in [0.1, 0.15) is 45.9 Å². The van der Waals surface area contributed by atoms with Gasteiger partial charge in [0.2, 0.25) is 0 Å². The molecule has 0 aliphatic heterocycles. The molecule has 0 aromatic carbocycles. The van der Waals surface area contributed by atoms with Gasteiger partial charge >= 0.3 is 5.97 Å². The molecule has 0 radical (unpaired) electrons. The van der Waals surface area contributed by atoms with Crippen LogP contribution in [0.15, 0.2) is 6.33 Å². The Morgan fingerprint density at radius 2 is 2.25 bits per heavy atom. The molecule has 0 saturated carbocycles. The molecule has 20 heavy (non-hydrogen) atoms. The van der Waals surface area contributed by atoms with E-state index in [1.165, 1.54) is 20.4 Å². The van der Waals surface area contributed by atoms with Crippen molar-refractivity contribution < 1.29 is 14.3 Å². The molecule has 2 rings (SSSR count). The minimum atomic E-state index is -0.633. The van der Waals surface area contributed by atoms with E-state index in [0.29, 0.717) is 11.0 Å². The van der Waals surface area contributed by atoms with Gasteiger partial charge in [0, 0.05) is 6.92 Å². The molecular weight excluding hydrogens is 282 g/mol. The fourth-order valence-electron chi connectivity index (χ4n) is 1.53.